The SMILES string of the molecule is CCOc1cccc(NC(=O)C(C)NC(=O)c2cccc([N+](=O)[O-])c2)c1. The van der Waals surface area contributed by atoms with E-state index >= 15 is 0 Å². The lowest BCUT2D eigenvalue weighted by Crippen LogP contribution is -2.41. The topological polar surface area (TPSA) is 111 Å². The Morgan fingerprint density at radius 2 is 1.92 bits per heavy atom. The molecule has 2 aromatic carbocycles. The Morgan fingerprint density at radius 1 is 1.19 bits per heavy atom. The Balaban J connectivity index is 2.00. The average molecular weight is 357 g/mol. The quantitative estimate of drug-likeness (QED) is 0.585. The molecule has 0 aliphatic carbocycles. The zero-order chi connectivity index (χ0) is 19.1. The smallest absolute Gasteiger partial charge is 0.270 e. The van der Waals surface area contributed by atoms with Gasteiger partial charge < -0.3 is 15.4 Å². The van der Waals surface area contributed by atoms with Crippen LogP contribution in [-0.4, -0.2) is 29.4 Å². The second-order valence-corrected chi connectivity index (χ2v) is 5.45. The van der Waals surface area contributed by atoms with Crippen molar-refractivity contribution in [1.82, 2.24) is 5.32 Å². The van der Waals surface area contributed by atoms with Crippen LogP contribution in [0.4, 0.5) is 11.4 Å². The lowest BCUT2D eigenvalue weighted by atomic mass is 10.1. The van der Waals surface area contributed by atoms with Crippen molar-refractivity contribution in [3.63, 3.8) is 0 Å². The number of carbonyl (C=O) groups is 2. The van der Waals surface area contributed by atoms with E-state index in [0.717, 1.165) is 6.07 Å². The van der Waals surface area contributed by atoms with Crippen LogP contribution >= 0.6 is 0 Å². The van der Waals surface area contributed by atoms with Crippen molar-refractivity contribution in [2.45, 2.75) is 19.9 Å². The number of carbonyl (C=O) groups excluding carboxylic acids is 2. The number of hydrogen-bond donors (Lipinski definition) is 2. The molecule has 0 heterocycles. The Morgan fingerprint density at radius 3 is 2.62 bits per heavy atom. The predicted molar refractivity (Wildman–Crippen MR) is 96.3 cm³/mol. The van der Waals surface area contributed by atoms with E-state index < -0.39 is 22.8 Å². The van der Waals surface area contributed by atoms with Gasteiger partial charge in [-0.05, 0) is 32.0 Å². The van der Waals surface area contributed by atoms with Crippen molar-refractivity contribution in [2.75, 3.05) is 11.9 Å². The highest BCUT2D eigenvalue weighted by molar-refractivity contribution is 6.01. The summed E-state index contributed by atoms with van der Waals surface area (Å²) >= 11 is 0. The van der Waals surface area contributed by atoms with Crippen molar-refractivity contribution in [1.29, 1.82) is 0 Å². The summed E-state index contributed by atoms with van der Waals surface area (Å²) in [5.74, 6) is -0.365. The van der Waals surface area contributed by atoms with Crippen LogP contribution in [0.15, 0.2) is 48.5 Å². The van der Waals surface area contributed by atoms with Crippen LogP contribution in [0.1, 0.15) is 24.2 Å². The van der Waals surface area contributed by atoms with E-state index in [1.54, 1.807) is 24.3 Å². The summed E-state index contributed by atoms with van der Waals surface area (Å²) in [6.07, 6.45) is 0. The molecule has 136 valence electrons. The Kier molecular flexibility index (Phi) is 6.26. The maximum absolute atomic E-state index is 12.2. The standard InChI is InChI=1S/C18H19N3O5/c1-3-26-16-9-5-7-14(11-16)20-17(22)12(2)19-18(23)13-6-4-8-15(10-13)21(24)25/h4-12H,3H2,1-2H3,(H,19,23)(H,20,22). The second kappa shape index (κ2) is 8.61. The Labute approximate surface area is 150 Å². The first-order chi connectivity index (χ1) is 12.4. The molecule has 0 fully saturated rings. The zero-order valence-corrected chi connectivity index (χ0v) is 14.4. The summed E-state index contributed by atoms with van der Waals surface area (Å²) < 4.78 is 5.37. The fourth-order valence-corrected chi connectivity index (χ4v) is 2.19. The molecule has 0 radical (unpaired) electrons. The molecule has 0 bridgehead atoms. The van der Waals surface area contributed by atoms with Crippen LogP contribution in [0.3, 0.4) is 0 Å². The van der Waals surface area contributed by atoms with Gasteiger partial charge in [-0.3, -0.25) is 19.7 Å². The summed E-state index contributed by atoms with van der Waals surface area (Å²) in [5.41, 5.74) is 0.456. The lowest BCUT2D eigenvalue weighted by molar-refractivity contribution is -0.384. The van der Waals surface area contributed by atoms with Gasteiger partial charge in [0.2, 0.25) is 5.91 Å². The number of benzene rings is 2. The molecule has 0 aliphatic heterocycles. The first-order valence-corrected chi connectivity index (χ1v) is 7.99. The van der Waals surface area contributed by atoms with Crippen molar-refractivity contribution in [2.24, 2.45) is 0 Å². The molecule has 2 amide bonds. The van der Waals surface area contributed by atoms with Crippen molar-refractivity contribution >= 4 is 23.2 Å². The molecule has 1 atom stereocenters. The summed E-state index contributed by atoms with van der Waals surface area (Å²) in [6, 6.07) is 11.4. The Hall–Kier alpha value is -3.42. The van der Waals surface area contributed by atoms with Crippen LogP contribution in [0.5, 0.6) is 5.75 Å². The molecule has 8 heteroatoms. The van der Waals surface area contributed by atoms with E-state index in [1.807, 2.05) is 6.92 Å². The van der Waals surface area contributed by atoms with E-state index in [9.17, 15) is 19.7 Å². The summed E-state index contributed by atoms with van der Waals surface area (Å²) in [4.78, 5) is 34.6. The fourth-order valence-electron chi connectivity index (χ4n) is 2.19. The molecule has 0 spiro atoms. The third-order valence-corrected chi connectivity index (χ3v) is 3.47. The maximum Gasteiger partial charge on any atom is 0.270 e. The molecule has 8 nitrogen and oxygen atoms in total. The van der Waals surface area contributed by atoms with Crippen molar-refractivity contribution in [3.8, 4) is 5.75 Å². The molecular weight excluding hydrogens is 338 g/mol. The lowest BCUT2D eigenvalue weighted by Gasteiger charge is -2.14. The van der Waals surface area contributed by atoms with Crippen molar-refractivity contribution in [3.05, 3.63) is 64.2 Å². The fraction of sp³-hybridized carbons (Fsp3) is 0.222. The first-order valence-electron chi connectivity index (χ1n) is 7.99. The normalized spacial score (nSPS) is 11.3. The number of amides is 2. The molecule has 0 aliphatic rings. The molecule has 0 saturated carbocycles. The summed E-state index contributed by atoms with van der Waals surface area (Å²) in [6.45, 7) is 3.89. The van der Waals surface area contributed by atoms with E-state index in [0.29, 0.717) is 18.0 Å². The number of nitrogens with one attached hydrogen (secondary N) is 2. The monoisotopic (exact) mass is 357 g/mol. The number of nitro groups is 1. The number of nitro benzene ring substituents is 1. The van der Waals surface area contributed by atoms with E-state index in [4.69, 9.17) is 4.74 Å². The highest BCUT2D eigenvalue weighted by Gasteiger charge is 2.18. The summed E-state index contributed by atoms with van der Waals surface area (Å²) in [7, 11) is 0. The number of ether oxygens (including phenoxy) is 1. The second-order valence-electron chi connectivity index (χ2n) is 5.45. The van der Waals surface area contributed by atoms with Crippen LogP contribution in [0.2, 0.25) is 0 Å². The van der Waals surface area contributed by atoms with Gasteiger partial charge in [0, 0.05) is 29.4 Å². The highest BCUT2D eigenvalue weighted by Crippen LogP contribution is 2.17. The van der Waals surface area contributed by atoms with Crippen LogP contribution in [-0.2, 0) is 4.79 Å². The first kappa shape index (κ1) is 18.9. The van der Waals surface area contributed by atoms with Gasteiger partial charge in [0.25, 0.3) is 11.6 Å². The number of nitrogens with zero attached hydrogens (tertiary/aromatic N) is 1. The number of hydrogen-bond acceptors (Lipinski definition) is 5. The molecule has 1 unspecified atom stereocenters. The van der Waals surface area contributed by atoms with Gasteiger partial charge in [0.05, 0.1) is 11.5 Å². The molecule has 26 heavy (non-hydrogen) atoms. The zero-order valence-electron chi connectivity index (χ0n) is 14.4. The molecule has 0 aromatic heterocycles. The van der Waals surface area contributed by atoms with E-state index in [-0.39, 0.29) is 11.3 Å². The number of rotatable bonds is 7. The third kappa shape index (κ3) is 5.04. The highest BCUT2D eigenvalue weighted by atomic mass is 16.6. The average Bonchev–Trinajstić information content (AvgIpc) is 2.62. The van der Waals surface area contributed by atoms with Crippen LogP contribution in [0.25, 0.3) is 0 Å². The number of non-ortho nitro benzene ring substituents is 1. The van der Waals surface area contributed by atoms with Gasteiger partial charge in [-0.15, -0.1) is 0 Å². The van der Waals surface area contributed by atoms with Gasteiger partial charge in [-0.25, -0.2) is 0 Å². The van der Waals surface area contributed by atoms with Gasteiger partial charge in [0.15, 0.2) is 0 Å². The molecule has 0 saturated heterocycles. The van der Waals surface area contributed by atoms with E-state index in [1.165, 1.54) is 25.1 Å². The van der Waals surface area contributed by atoms with Gasteiger partial charge in [-0.1, -0.05) is 12.1 Å². The largest absolute Gasteiger partial charge is 0.494 e. The molecule has 2 rings (SSSR count). The predicted octanol–water partition coefficient (Wildman–Crippen LogP) is 2.75. The molecule has 2 N–H and O–H groups in total. The Bertz CT molecular complexity index is 822. The minimum atomic E-state index is -0.836. The third-order valence-electron chi connectivity index (χ3n) is 3.47. The van der Waals surface area contributed by atoms with Crippen LogP contribution < -0.4 is 15.4 Å². The summed E-state index contributed by atoms with van der Waals surface area (Å²) in [5, 5.41) is 16.0. The molecular formula is C18H19N3O5. The maximum atomic E-state index is 12.2. The van der Waals surface area contributed by atoms with Gasteiger partial charge in [0.1, 0.15) is 11.8 Å². The van der Waals surface area contributed by atoms with Gasteiger partial charge >= 0.3 is 0 Å². The van der Waals surface area contributed by atoms with E-state index in [2.05, 4.69) is 10.6 Å². The minimum Gasteiger partial charge on any atom is -0.494 e. The van der Waals surface area contributed by atoms with Crippen molar-refractivity contribution < 1.29 is 19.2 Å². The van der Waals surface area contributed by atoms with Crippen LogP contribution in [0, 0.1) is 10.1 Å². The number of anilines is 1. The van der Waals surface area contributed by atoms with Gasteiger partial charge in [-0.2, -0.15) is 0 Å². The minimum absolute atomic E-state index is 0.109. The molecule has 2 aromatic rings.